The van der Waals surface area contributed by atoms with E-state index in [-0.39, 0.29) is 36.2 Å². The van der Waals surface area contributed by atoms with Crippen LogP contribution in [0.5, 0.6) is 0 Å². The van der Waals surface area contributed by atoms with E-state index >= 15 is 0 Å². The molecule has 1 N–H and O–H groups in total. The Bertz CT molecular complexity index is 624. The normalized spacial score (nSPS) is 21.9. The van der Waals surface area contributed by atoms with E-state index in [1.807, 2.05) is 0 Å². The molecule has 1 aliphatic heterocycles. The fraction of sp³-hybridized carbons (Fsp3) is 0.667. The number of hydrogen-bond acceptors (Lipinski definition) is 5. The summed E-state index contributed by atoms with van der Waals surface area (Å²) in [6.07, 6.45) is 0.390. The summed E-state index contributed by atoms with van der Waals surface area (Å²) in [5.41, 5.74) is 1.45. The molecule has 1 unspecified atom stereocenters. The van der Waals surface area contributed by atoms with Gasteiger partial charge in [0.25, 0.3) is 0 Å². The minimum atomic E-state index is -3.02. The Kier molecular flexibility index (Phi) is 4.51. The van der Waals surface area contributed by atoms with Gasteiger partial charge in [0.15, 0.2) is 9.84 Å². The molecule has 0 aliphatic carbocycles. The van der Waals surface area contributed by atoms with Gasteiger partial charge in [0.05, 0.1) is 17.2 Å². The van der Waals surface area contributed by atoms with E-state index in [1.165, 1.54) is 4.68 Å². The zero-order valence-electron chi connectivity index (χ0n) is 11.5. The number of hydrogen-bond donors (Lipinski definition) is 1. The van der Waals surface area contributed by atoms with Crippen LogP contribution >= 0.6 is 11.6 Å². The van der Waals surface area contributed by atoms with Crippen LogP contribution in [-0.2, 0) is 28.1 Å². The highest BCUT2D eigenvalue weighted by atomic mass is 35.5. The molecule has 0 radical (unpaired) electrons. The highest BCUT2D eigenvalue weighted by Crippen LogP contribution is 2.20. The van der Waals surface area contributed by atoms with Crippen molar-refractivity contribution in [3.05, 3.63) is 16.4 Å². The zero-order valence-corrected chi connectivity index (χ0v) is 13.1. The van der Waals surface area contributed by atoms with Gasteiger partial charge in [0, 0.05) is 38.0 Å². The van der Waals surface area contributed by atoms with E-state index < -0.39 is 9.84 Å². The fourth-order valence-corrected chi connectivity index (χ4v) is 4.10. The topological polar surface area (TPSA) is 81.1 Å². The van der Waals surface area contributed by atoms with Crippen LogP contribution in [0.25, 0.3) is 0 Å². The predicted molar refractivity (Wildman–Crippen MR) is 76.7 cm³/mol. The molecule has 0 saturated carbocycles. The molecule has 1 aromatic rings. The summed E-state index contributed by atoms with van der Waals surface area (Å²) in [6, 6.07) is -0.294. The maximum Gasteiger partial charge on any atom is 0.153 e. The van der Waals surface area contributed by atoms with Crippen molar-refractivity contribution in [2.75, 3.05) is 18.1 Å². The van der Waals surface area contributed by atoms with Gasteiger partial charge in [-0.3, -0.25) is 9.48 Å². The quantitative estimate of drug-likeness (QED) is 0.861. The second-order valence-corrected chi connectivity index (χ2v) is 7.75. The van der Waals surface area contributed by atoms with Crippen LogP contribution in [-0.4, -0.2) is 48.1 Å². The number of sulfone groups is 1. The van der Waals surface area contributed by atoms with Crippen molar-refractivity contribution in [1.82, 2.24) is 15.1 Å². The number of aryl methyl sites for hydroxylation is 2. The van der Waals surface area contributed by atoms with Gasteiger partial charge < -0.3 is 5.32 Å². The molecule has 1 fully saturated rings. The van der Waals surface area contributed by atoms with Crippen molar-refractivity contribution in [2.24, 2.45) is 7.05 Å². The monoisotopic (exact) mass is 319 g/mol. The van der Waals surface area contributed by atoms with Crippen molar-refractivity contribution in [2.45, 2.75) is 25.8 Å². The number of nitrogens with zero attached hydrogens (tertiary/aromatic N) is 2. The molecule has 0 amide bonds. The molecule has 0 aromatic carbocycles. The van der Waals surface area contributed by atoms with Gasteiger partial charge >= 0.3 is 0 Å². The van der Waals surface area contributed by atoms with Crippen molar-refractivity contribution in [3.63, 3.8) is 0 Å². The average Bonchev–Trinajstić information content (AvgIpc) is 2.54. The Morgan fingerprint density at radius 2 is 2.25 bits per heavy atom. The van der Waals surface area contributed by atoms with Crippen LogP contribution in [0.4, 0.5) is 0 Å². The molecule has 1 atom stereocenters. The highest BCUT2D eigenvalue weighted by Gasteiger charge is 2.26. The standard InChI is InChI=1S/C12H18ClN3O3S/c1-8-11(12(13)16(2)15-8)6-10(17)5-9-7-20(18,19)4-3-14-9/h9,14H,3-7H2,1-2H3. The second-order valence-electron chi connectivity index (χ2n) is 5.16. The van der Waals surface area contributed by atoms with E-state index in [9.17, 15) is 13.2 Å². The van der Waals surface area contributed by atoms with Crippen molar-refractivity contribution >= 4 is 27.2 Å². The summed E-state index contributed by atoms with van der Waals surface area (Å²) in [5, 5.41) is 7.68. The molecular formula is C12H18ClN3O3S. The van der Waals surface area contributed by atoms with Gasteiger partial charge in [-0.25, -0.2) is 8.42 Å². The summed E-state index contributed by atoms with van der Waals surface area (Å²) >= 11 is 6.08. The molecular weight excluding hydrogens is 302 g/mol. The van der Waals surface area contributed by atoms with Crippen LogP contribution < -0.4 is 5.32 Å². The minimum absolute atomic E-state index is 0.0263. The molecule has 112 valence electrons. The third kappa shape index (κ3) is 3.59. The lowest BCUT2D eigenvalue weighted by atomic mass is 10.0. The molecule has 2 heterocycles. The minimum Gasteiger partial charge on any atom is -0.312 e. The Morgan fingerprint density at radius 1 is 1.55 bits per heavy atom. The van der Waals surface area contributed by atoms with Gasteiger partial charge in [-0.2, -0.15) is 5.10 Å². The Hall–Kier alpha value is -0.920. The first kappa shape index (κ1) is 15.5. The Balaban J connectivity index is 1.99. The second kappa shape index (κ2) is 5.83. The molecule has 0 bridgehead atoms. The number of rotatable bonds is 4. The number of aromatic nitrogens is 2. The van der Waals surface area contributed by atoms with E-state index in [0.717, 1.165) is 11.3 Å². The molecule has 2 rings (SSSR count). The van der Waals surface area contributed by atoms with E-state index in [1.54, 1.807) is 14.0 Å². The maximum atomic E-state index is 12.1. The van der Waals surface area contributed by atoms with E-state index in [0.29, 0.717) is 11.7 Å². The summed E-state index contributed by atoms with van der Waals surface area (Å²) < 4.78 is 24.6. The smallest absolute Gasteiger partial charge is 0.153 e. The van der Waals surface area contributed by atoms with Crippen molar-refractivity contribution in [1.29, 1.82) is 0 Å². The van der Waals surface area contributed by atoms with Gasteiger partial charge in [-0.05, 0) is 6.92 Å². The average molecular weight is 320 g/mol. The third-order valence-electron chi connectivity index (χ3n) is 3.42. The fourth-order valence-electron chi connectivity index (χ4n) is 2.42. The highest BCUT2D eigenvalue weighted by molar-refractivity contribution is 7.91. The van der Waals surface area contributed by atoms with Crippen molar-refractivity contribution in [3.8, 4) is 0 Å². The summed E-state index contributed by atoms with van der Waals surface area (Å²) in [7, 11) is -1.30. The maximum absolute atomic E-state index is 12.1. The lowest BCUT2D eigenvalue weighted by Crippen LogP contribution is -2.46. The summed E-state index contributed by atoms with van der Waals surface area (Å²) in [5.74, 6) is 0.140. The Labute approximate surface area is 123 Å². The number of carbonyl (C=O) groups excluding carboxylic acids is 1. The largest absolute Gasteiger partial charge is 0.312 e. The SMILES string of the molecule is Cc1nn(C)c(Cl)c1CC(=O)CC1CS(=O)(=O)CCN1. The molecule has 8 heteroatoms. The number of nitrogens with one attached hydrogen (secondary N) is 1. The van der Waals surface area contributed by atoms with Crippen LogP contribution in [0.3, 0.4) is 0 Å². The van der Waals surface area contributed by atoms with Crippen LogP contribution in [0.15, 0.2) is 0 Å². The first-order valence-electron chi connectivity index (χ1n) is 6.42. The van der Waals surface area contributed by atoms with Gasteiger partial charge in [-0.1, -0.05) is 11.6 Å². The van der Waals surface area contributed by atoms with Crippen LogP contribution in [0.1, 0.15) is 17.7 Å². The lowest BCUT2D eigenvalue weighted by Gasteiger charge is -2.22. The number of halogens is 1. The van der Waals surface area contributed by atoms with Crippen molar-refractivity contribution < 1.29 is 13.2 Å². The van der Waals surface area contributed by atoms with Gasteiger partial charge in [0.1, 0.15) is 10.9 Å². The summed E-state index contributed by atoms with van der Waals surface area (Å²) in [6.45, 7) is 2.21. The number of carbonyl (C=O) groups is 1. The van der Waals surface area contributed by atoms with Crippen LogP contribution in [0, 0.1) is 6.92 Å². The first-order valence-corrected chi connectivity index (χ1v) is 8.62. The molecule has 20 heavy (non-hydrogen) atoms. The molecule has 0 spiro atoms. The van der Waals surface area contributed by atoms with Gasteiger partial charge in [-0.15, -0.1) is 0 Å². The van der Waals surface area contributed by atoms with Gasteiger partial charge in [0.2, 0.25) is 0 Å². The zero-order chi connectivity index (χ0) is 14.9. The first-order chi connectivity index (χ1) is 9.28. The Morgan fingerprint density at radius 3 is 2.80 bits per heavy atom. The third-order valence-corrected chi connectivity index (χ3v) is 5.63. The number of Topliss-reactive ketones (excluding diaryl/α,β-unsaturated/α-hetero) is 1. The summed E-state index contributed by atoms with van der Waals surface area (Å²) in [4.78, 5) is 12.1. The van der Waals surface area contributed by atoms with Crippen LogP contribution in [0.2, 0.25) is 5.15 Å². The van der Waals surface area contributed by atoms with E-state index in [2.05, 4.69) is 10.4 Å². The molecule has 1 saturated heterocycles. The number of ketones is 1. The van der Waals surface area contributed by atoms with E-state index in [4.69, 9.17) is 11.6 Å². The predicted octanol–water partition coefficient (Wildman–Crippen LogP) is 0.270. The lowest BCUT2D eigenvalue weighted by molar-refractivity contribution is -0.118. The molecule has 6 nitrogen and oxygen atoms in total. The molecule has 1 aromatic heterocycles. The molecule has 1 aliphatic rings.